The molecule has 0 radical (unpaired) electrons. The first-order valence-electron chi connectivity index (χ1n) is 11.3. The molecular weight excluding hydrogens is 445 g/mol. The highest BCUT2D eigenvalue weighted by Crippen LogP contribution is 2.37. The minimum atomic E-state index is -0.825. The van der Waals surface area contributed by atoms with Crippen LogP contribution in [0.4, 0.5) is 4.39 Å². The molecule has 2 rings (SSSR count). The summed E-state index contributed by atoms with van der Waals surface area (Å²) in [6.07, 6.45) is 2.88. The largest absolute Gasteiger partial charge is 0.466 e. The molecule has 1 aliphatic carbocycles. The van der Waals surface area contributed by atoms with Crippen LogP contribution in [0, 0.1) is 15.9 Å². The van der Waals surface area contributed by atoms with E-state index in [2.05, 4.69) is 4.84 Å². The lowest BCUT2D eigenvalue weighted by Gasteiger charge is -2.26. The van der Waals surface area contributed by atoms with Crippen LogP contribution in [-0.4, -0.2) is 35.8 Å². The highest BCUT2D eigenvalue weighted by molar-refractivity contribution is 6.25. The molecule has 1 aliphatic rings. The van der Waals surface area contributed by atoms with Gasteiger partial charge in [0.1, 0.15) is 5.82 Å². The third-order valence-corrected chi connectivity index (χ3v) is 5.99. The van der Waals surface area contributed by atoms with E-state index in [4.69, 9.17) is 4.74 Å². The van der Waals surface area contributed by atoms with Crippen LogP contribution in [-0.2, 0) is 24.0 Å². The fourth-order valence-corrected chi connectivity index (χ4v) is 3.93. The van der Waals surface area contributed by atoms with Crippen LogP contribution in [0.5, 0.6) is 0 Å². The molecule has 0 amide bonds. The SMILES string of the molecule is CC1=C(C)C(=O)C(C(CCC(=O)OCCCCCCO[N+](=O)[O-])c2ccc(F)cc2)=C(C)C1=O. The molecule has 1 unspecified atom stereocenters. The Morgan fingerprint density at radius 2 is 1.53 bits per heavy atom. The van der Waals surface area contributed by atoms with E-state index in [0.717, 1.165) is 6.42 Å². The van der Waals surface area contributed by atoms with Crippen molar-refractivity contribution in [1.82, 2.24) is 0 Å². The Kier molecular flexibility index (Phi) is 10.1. The number of nitrogens with zero attached hydrogens (tertiary/aromatic N) is 1. The predicted molar refractivity (Wildman–Crippen MR) is 122 cm³/mol. The average Bonchev–Trinajstić information content (AvgIpc) is 2.80. The Morgan fingerprint density at radius 1 is 0.941 bits per heavy atom. The molecular formula is C25H30FNO7. The number of allylic oxidation sites excluding steroid dienone is 4. The van der Waals surface area contributed by atoms with Crippen LogP contribution in [0.2, 0.25) is 0 Å². The number of hydrogen-bond acceptors (Lipinski definition) is 7. The number of unbranched alkanes of at least 4 members (excludes halogenated alkanes) is 3. The van der Waals surface area contributed by atoms with Gasteiger partial charge in [-0.05, 0) is 64.2 Å². The van der Waals surface area contributed by atoms with Crippen LogP contribution in [0.3, 0.4) is 0 Å². The Bertz CT molecular complexity index is 995. The lowest BCUT2D eigenvalue weighted by molar-refractivity contribution is -0.757. The van der Waals surface area contributed by atoms with Crippen molar-refractivity contribution in [3.05, 3.63) is 68.1 Å². The summed E-state index contributed by atoms with van der Waals surface area (Å²) < 4.78 is 18.8. The molecule has 0 spiro atoms. The predicted octanol–water partition coefficient (Wildman–Crippen LogP) is 4.81. The van der Waals surface area contributed by atoms with Gasteiger partial charge in [0.2, 0.25) is 0 Å². The average molecular weight is 476 g/mol. The summed E-state index contributed by atoms with van der Waals surface area (Å²) in [6.45, 7) is 5.10. The molecule has 0 aliphatic heterocycles. The molecule has 34 heavy (non-hydrogen) atoms. The van der Waals surface area contributed by atoms with Crippen LogP contribution in [0.15, 0.2) is 46.6 Å². The van der Waals surface area contributed by atoms with Gasteiger partial charge in [0.05, 0.1) is 13.2 Å². The van der Waals surface area contributed by atoms with E-state index in [1.807, 2.05) is 0 Å². The summed E-state index contributed by atoms with van der Waals surface area (Å²) in [7, 11) is 0. The number of ketones is 2. The van der Waals surface area contributed by atoms with Gasteiger partial charge in [-0.1, -0.05) is 18.6 Å². The fourth-order valence-electron chi connectivity index (χ4n) is 3.93. The minimum absolute atomic E-state index is 0.0265. The molecule has 1 aromatic carbocycles. The second-order valence-corrected chi connectivity index (χ2v) is 8.28. The number of carbonyl (C=O) groups excluding carboxylic acids is 3. The smallest absolute Gasteiger partial charge is 0.305 e. The second-order valence-electron chi connectivity index (χ2n) is 8.28. The van der Waals surface area contributed by atoms with Gasteiger partial charge in [0.25, 0.3) is 5.09 Å². The number of ether oxygens (including phenoxy) is 1. The summed E-state index contributed by atoms with van der Waals surface area (Å²) in [4.78, 5) is 52.4. The van der Waals surface area contributed by atoms with Gasteiger partial charge in [0, 0.05) is 34.6 Å². The number of benzene rings is 1. The van der Waals surface area contributed by atoms with Gasteiger partial charge < -0.3 is 9.57 Å². The Balaban J connectivity index is 1.98. The molecule has 0 fully saturated rings. The van der Waals surface area contributed by atoms with Crippen molar-refractivity contribution in [2.45, 2.75) is 65.2 Å². The van der Waals surface area contributed by atoms with Crippen LogP contribution < -0.4 is 0 Å². The number of halogens is 1. The van der Waals surface area contributed by atoms with E-state index >= 15 is 0 Å². The maximum absolute atomic E-state index is 13.5. The Labute approximate surface area is 197 Å². The summed E-state index contributed by atoms with van der Waals surface area (Å²) in [6, 6.07) is 5.70. The lowest BCUT2D eigenvalue weighted by atomic mass is 9.76. The highest BCUT2D eigenvalue weighted by atomic mass is 19.1. The summed E-state index contributed by atoms with van der Waals surface area (Å²) >= 11 is 0. The molecule has 1 atom stereocenters. The Hall–Kier alpha value is -3.36. The van der Waals surface area contributed by atoms with E-state index in [1.54, 1.807) is 32.9 Å². The molecule has 0 saturated heterocycles. The van der Waals surface area contributed by atoms with Crippen molar-refractivity contribution < 1.29 is 33.4 Å². The van der Waals surface area contributed by atoms with E-state index in [-0.39, 0.29) is 37.6 Å². The first kappa shape index (κ1) is 26.9. The third kappa shape index (κ3) is 7.33. The maximum Gasteiger partial charge on any atom is 0.305 e. The number of carbonyl (C=O) groups is 3. The molecule has 8 nitrogen and oxygen atoms in total. The highest BCUT2D eigenvalue weighted by Gasteiger charge is 2.33. The van der Waals surface area contributed by atoms with Crippen molar-refractivity contribution in [2.75, 3.05) is 13.2 Å². The van der Waals surface area contributed by atoms with Gasteiger partial charge >= 0.3 is 5.97 Å². The van der Waals surface area contributed by atoms with Crippen LogP contribution >= 0.6 is 0 Å². The molecule has 0 N–H and O–H groups in total. The van der Waals surface area contributed by atoms with Gasteiger partial charge in [0.15, 0.2) is 11.6 Å². The topological polar surface area (TPSA) is 113 Å². The quantitative estimate of drug-likeness (QED) is 0.132. The minimum Gasteiger partial charge on any atom is -0.466 e. The van der Waals surface area contributed by atoms with E-state index < -0.39 is 22.8 Å². The Morgan fingerprint density at radius 3 is 2.15 bits per heavy atom. The number of rotatable bonds is 13. The van der Waals surface area contributed by atoms with Crippen LogP contribution in [0.1, 0.15) is 70.8 Å². The summed E-state index contributed by atoms with van der Waals surface area (Å²) in [5.74, 6) is -1.84. The molecule has 1 aromatic rings. The normalized spacial score (nSPS) is 14.9. The molecule has 0 aromatic heterocycles. The van der Waals surface area contributed by atoms with Gasteiger partial charge in [-0.3, -0.25) is 14.4 Å². The monoisotopic (exact) mass is 475 g/mol. The fraction of sp³-hybridized carbons (Fsp3) is 0.480. The second kappa shape index (κ2) is 12.8. The van der Waals surface area contributed by atoms with Gasteiger partial charge in [-0.25, -0.2) is 4.39 Å². The molecule has 9 heteroatoms. The van der Waals surface area contributed by atoms with Gasteiger partial charge in [-0.2, -0.15) is 0 Å². The molecule has 0 bridgehead atoms. The first-order chi connectivity index (χ1) is 16.1. The standard InChI is InChI=1S/C25H30FNO7/c1-16-17(2)25(30)23(18(3)24(16)29)21(19-8-10-20(26)11-9-19)12-13-22(28)33-14-6-4-5-7-15-34-27(31)32/h8-11,21H,4-7,12-15H2,1-3H3. The zero-order valence-electron chi connectivity index (χ0n) is 19.7. The lowest BCUT2D eigenvalue weighted by Crippen LogP contribution is -2.25. The van der Waals surface area contributed by atoms with Crippen molar-refractivity contribution in [3.63, 3.8) is 0 Å². The summed E-state index contributed by atoms with van der Waals surface area (Å²) in [5.41, 5.74) is 2.12. The third-order valence-electron chi connectivity index (χ3n) is 5.99. The molecule has 0 saturated carbocycles. The van der Waals surface area contributed by atoms with Crippen molar-refractivity contribution in [1.29, 1.82) is 0 Å². The van der Waals surface area contributed by atoms with Crippen LogP contribution in [0.25, 0.3) is 0 Å². The number of Topliss-reactive ketones (excluding diaryl/α,β-unsaturated/α-hetero) is 2. The molecule has 184 valence electrons. The number of hydrogen-bond donors (Lipinski definition) is 0. The maximum atomic E-state index is 13.5. The van der Waals surface area contributed by atoms with Crippen molar-refractivity contribution >= 4 is 17.5 Å². The molecule has 0 heterocycles. The van der Waals surface area contributed by atoms with E-state index in [1.165, 1.54) is 12.1 Å². The first-order valence-corrected chi connectivity index (χ1v) is 11.3. The number of esters is 1. The van der Waals surface area contributed by atoms with Crippen molar-refractivity contribution in [3.8, 4) is 0 Å². The summed E-state index contributed by atoms with van der Waals surface area (Å²) in [5, 5.41) is 9.25. The zero-order valence-corrected chi connectivity index (χ0v) is 19.7. The van der Waals surface area contributed by atoms with E-state index in [9.17, 15) is 28.9 Å². The van der Waals surface area contributed by atoms with Gasteiger partial charge in [-0.15, -0.1) is 10.1 Å². The van der Waals surface area contributed by atoms with Crippen molar-refractivity contribution in [2.24, 2.45) is 0 Å². The van der Waals surface area contributed by atoms with E-state index in [0.29, 0.717) is 47.1 Å². The zero-order chi connectivity index (χ0) is 25.3.